The van der Waals surface area contributed by atoms with E-state index in [0.717, 1.165) is 6.07 Å². The van der Waals surface area contributed by atoms with E-state index in [1.165, 1.54) is 12.1 Å². The Kier molecular flexibility index (Phi) is 4.99. The van der Waals surface area contributed by atoms with Crippen LogP contribution in [-0.4, -0.2) is 14.7 Å². The third-order valence-corrected chi connectivity index (χ3v) is 3.93. The molecular formula is C13H7BrF3NO3S. The van der Waals surface area contributed by atoms with E-state index in [4.69, 9.17) is 4.55 Å². The van der Waals surface area contributed by atoms with Gasteiger partial charge in [0.1, 0.15) is 22.3 Å². The van der Waals surface area contributed by atoms with E-state index in [0.29, 0.717) is 12.1 Å². The Labute approximate surface area is 133 Å². The quantitative estimate of drug-likeness (QED) is 0.781. The van der Waals surface area contributed by atoms with Gasteiger partial charge in [0.2, 0.25) is 0 Å². The molecule has 1 atom stereocenters. The van der Waals surface area contributed by atoms with Crippen molar-refractivity contribution in [2.75, 3.05) is 5.32 Å². The summed E-state index contributed by atoms with van der Waals surface area (Å²) in [4.78, 5) is 11.2. The molecule has 2 rings (SSSR count). The molecule has 0 aliphatic rings. The first-order valence-corrected chi connectivity index (χ1v) is 7.56. The van der Waals surface area contributed by atoms with E-state index in [9.17, 15) is 22.2 Å². The number of anilines is 1. The number of hydrogen-bond acceptors (Lipinski definition) is 2. The smallest absolute Gasteiger partial charge is 0.258 e. The first-order valence-electron chi connectivity index (χ1n) is 5.66. The Morgan fingerprint density at radius 2 is 1.77 bits per heavy atom. The van der Waals surface area contributed by atoms with Crippen LogP contribution in [0.2, 0.25) is 0 Å². The van der Waals surface area contributed by atoms with Crippen molar-refractivity contribution < 1.29 is 26.7 Å². The largest absolute Gasteiger partial charge is 0.322 e. The maximum Gasteiger partial charge on any atom is 0.258 e. The molecule has 0 aliphatic carbocycles. The number of carbonyl (C=O) groups excluding carboxylic acids is 1. The number of carbonyl (C=O) groups is 1. The first-order chi connectivity index (χ1) is 10.3. The summed E-state index contributed by atoms with van der Waals surface area (Å²) in [6, 6.07) is 4.56. The van der Waals surface area contributed by atoms with Gasteiger partial charge in [0.25, 0.3) is 5.91 Å². The molecule has 2 N–H and O–H groups in total. The summed E-state index contributed by atoms with van der Waals surface area (Å²) in [5.74, 6) is -3.95. The lowest BCUT2D eigenvalue weighted by atomic mass is 10.2. The van der Waals surface area contributed by atoms with E-state index in [1.54, 1.807) is 0 Å². The molecule has 1 unspecified atom stereocenters. The number of benzene rings is 2. The van der Waals surface area contributed by atoms with Crippen molar-refractivity contribution in [1.82, 2.24) is 0 Å². The number of halogens is 4. The van der Waals surface area contributed by atoms with Gasteiger partial charge in [-0.2, -0.15) is 0 Å². The van der Waals surface area contributed by atoms with Crippen molar-refractivity contribution in [3.8, 4) is 0 Å². The highest BCUT2D eigenvalue weighted by atomic mass is 79.9. The second kappa shape index (κ2) is 6.59. The molecule has 2 aromatic rings. The zero-order chi connectivity index (χ0) is 16.4. The summed E-state index contributed by atoms with van der Waals surface area (Å²) in [6.07, 6.45) is 0. The van der Waals surface area contributed by atoms with Gasteiger partial charge in [-0.15, -0.1) is 0 Å². The van der Waals surface area contributed by atoms with Gasteiger partial charge < -0.3 is 9.87 Å². The van der Waals surface area contributed by atoms with Crippen molar-refractivity contribution in [2.24, 2.45) is 0 Å². The van der Waals surface area contributed by atoms with Crippen LogP contribution in [0, 0.1) is 17.5 Å². The Morgan fingerprint density at radius 1 is 1.09 bits per heavy atom. The molecule has 0 spiro atoms. The predicted molar refractivity (Wildman–Crippen MR) is 77.4 cm³/mol. The van der Waals surface area contributed by atoms with Gasteiger partial charge in [-0.3, -0.25) is 4.79 Å². The third-order valence-electron chi connectivity index (χ3n) is 2.63. The summed E-state index contributed by atoms with van der Waals surface area (Å²) >= 11 is 0.216. The SMILES string of the molecule is O=C(Nc1ccc(F)c(Br)c1)c1cc(S(=O)O)c(F)cc1F. The van der Waals surface area contributed by atoms with E-state index >= 15 is 0 Å². The zero-order valence-corrected chi connectivity index (χ0v) is 13.0. The molecule has 1 amide bonds. The maximum atomic E-state index is 13.6. The molecule has 0 bridgehead atoms. The molecule has 0 heterocycles. The maximum absolute atomic E-state index is 13.6. The van der Waals surface area contributed by atoms with Crippen LogP contribution >= 0.6 is 15.9 Å². The van der Waals surface area contributed by atoms with E-state index < -0.39 is 44.9 Å². The number of nitrogens with one attached hydrogen (secondary N) is 1. The minimum absolute atomic E-state index is 0.0852. The highest BCUT2D eigenvalue weighted by molar-refractivity contribution is 9.10. The average molecular weight is 394 g/mol. The zero-order valence-electron chi connectivity index (χ0n) is 10.6. The average Bonchev–Trinajstić information content (AvgIpc) is 2.42. The highest BCUT2D eigenvalue weighted by Crippen LogP contribution is 2.22. The molecule has 116 valence electrons. The van der Waals surface area contributed by atoms with Crippen molar-refractivity contribution >= 4 is 38.6 Å². The summed E-state index contributed by atoms with van der Waals surface area (Å²) in [6.45, 7) is 0. The van der Waals surface area contributed by atoms with Crippen LogP contribution in [0.4, 0.5) is 18.9 Å². The minimum atomic E-state index is -2.71. The monoisotopic (exact) mass is 393 g/mol. The summed E-state index contributed by atoms with van der Waals surface area (Å²) in [7, 11) is 0. The summed E-state index contributed by atoms with van der Waals surface area (Å²) in [5.41, 5.74) is -0.451. The van der Waals surface area contributed by atoms with E-state index in [2.05, 4.69) is 21.2 Å². The standard InChI is InChI=1S/C13H7BrF3NO3S/c14-8-3-6(1-2-9(8)15)18-13(19)7-4-12(22(20)21)11(17)5-10(7)16/h1-5H,(H,18,19)(H,20,21). The minimum Gasteiger partial charge on any atom is -0.322 e. The summed E-state index contributed by atoms with van der Waals surface area (Å²) < 4.78 is 59.9. The Bertz CT molecular complexity index is 785. The second-order valence-electron chi connectivity index (χ2n) is 4.09. The molecule has 2 aromatic carbocycles. The van der Waals surface area contributed by atoms with Crippen LogP contribution in [0.3, 0.4) is 0 Å². The van der Waals surface area contributed by atoms with Gasteiger partial charge >= 0.3 is 0 Å². The van der Waals surface area contributed by atoms with Crippen molar-refractivity contribution in [3.05, 3.63) is 57.8 Å². The van der Waals surface area contributed by atoms with Crippen LogP contribution < -0.4 is 5.32 Å². The Hall–Kier alpha value is -1.71. The van der Waals surface area contributed by atoms with E-state index in [-0.39, 0.29) is 10.2 Å². The molecule has 0 fully saturated rings. The van der Waals surface area contributed by atoms with Gasteiger partial charge in [0.05, 0.1) is 10.0 Å². The molecule has 0 saturated carbocycles. The highest BCUT2D eigenvalue weighted by Gasteiger charge is 2.19. The molecular weight excluding hydrogens is 387 g/mol. The Balaban J connectivity index is 2.35. The van der Waals surface area contributed by atoms with Gasteiger partial charge in [0, 0.05) is 11.8 Å². The normalized spacial score (nSPS) is 12.0. The second-order valence-corrected chi connectivity index (χ2v) is 5.89. The number of hydrogen-bond donors (Lipinski definition) is 2. The van der Waals surface area contributed by atoms with Crippen LogP contribution in [0.1, 0.15) is 10.4 Å². The molecule has 9 heteroatoms. The third kappa shape index (κ3) is 3.54. The van der Waals surface area contributed by atoms with Crippen molar-refractivity contribution in [3.63, 3.8) is 0 Å². The van der Waals surface area contributed by atoms with Crippen LogP contribution in [0.5, 0.6) is 0 Å². The lowest BCUT2D eigenvalue weighted by Crippen LogP contribution is -2.15. The summed E-state index contributed by atoms with van der Waals surface area (Å²) in [5, 5.41) is 2.27. The molecule has 4 nitrogen and oxygen atoms in total. The Morgan fingerprint density at radius 3 is 2.36 bits per heavy atom. The molecule has 0 saturated heterocycles. The first kappa shape index (κ1) is 16.7. The van der Waals surface area contributed by atoms with Gasteiger partial charge in [0.15, 0.2) is 11.1 Å². The van der Waals surface area contributed by atoms with E-state index in [1.807, 2.05) is 0 Å². The van der Waals surface area contributed by atoms with Crippen LogP contribution in [0.25, 0.3) is 0 Å². The van der Waals surface area contributed by atoms with Crippen LogP contribution in [-0.2, 0) is 11.1 Å². The van der Waals surface area contributed by atoms with Crippen molar-refractivity contribution in [1.29, 1.82) is 0 Å². The fourth-order valence-electron chi connectivity index (χ4n) is 1.61. The molecule has 22 heavy (non-hydrogen) atoms. The molecule has 0 radical (unpaired) electrons. The van der Waals surface area contributed by atoms with Gasteiger partial charge in [-0.1, -0.05) is 0 Å². The fraction of sp³-hybridized carbons (Fsp3) is 0. The predicted octanol–water partition coefficient (Wildman–Crippen LogP) is 3.70. The molecule has 0 aliphatic heterocycles. The number of amides is 1. The van der Waals surface area contributed by atoms with Crippen molar-refractivity contribution in [2.45, 2.75) is 4.90 Å². The lowest BCUT2D eigenvalue weighted by Gasteiger charge is -2.08. The molecule has 0 aromatic heterocycles. The lowest BCUT2D eigenvalue weighted by molar-refractivity contribution is 0.102. The fourth-order valence-corrected chi connectivity index (χ4v) is 2.43. The van der Waals surface area contributed by atoms with Crippen LogP contribution in [0.15, 0.2) is 39.7 Å². The van der Waals surface area contributed by atoms with Gasteiger partial charge in [-0.25, -0.2) is 17.4 Å². The van der Waals surface area contributed by atoms with Gasteiger partial charge in [-0.05, 0) is 40.2 Å². The number of rotatable bonds is 3. The topological polar surface area (TPSA) is 66.4 Å².